The lowest BCUT2D eigenvalue weighted by atomic mass is 9.47. The molecule has 2 heteroatoms. The van der Waals surface area contributed by atoms with Gasteiger partial charge in [-0.3, -0.25) is 4.79 Å². The highest BCUT2D eigenvalue weighted by Gasteiger charge is 2.57. The van der Waals surface area contributed by atoms with Gasteiger partial charge < -0.3 is 5.11 Å². The van der Waals surface area contributed by atoms with Gasteiger partial charge in [0.1, 0.15) is 0 Å². The van der Waals surface area contributed by atoms with E-state index in [1.165, 1.54) is 30.4 Å². The molecule has 2 fully saturated rings. The van der Waals surface area contributed by atoms with Crippen molar-refractivity contribution < 1.29 is 9.90 Å². The van der Waals surface area contributed by atoms with Crippen molar-refractivity contribution in [1.82, 2.24) is 0 Å². The van der Waals surface area contributed by atoms with E-state index in [2.05, 4.69) is 19.9 Å². The monoisotopic (exact) mass is 314 g/mol. The molecule has 0 spiro atoms. The lowest BCUT2D eigenvalue weighted by molar-refractivity contribution is -0.117. The Labute approximate surface area is 140 Å². The first kappa shape index (κ1) is 15.6. The summed E-state index contributed by atoms with van der Waals surface area (Å²) in [6.07, 6.45) is 11.8. The normalized spacial score (nSPS) is 47.1. The minimum Gasteiger partial charge on any atom is -0.389 e. The maximum atomic E-state index is 11.9. The van der Waals surface area contributed by atoms with E-state index in [-0.39, 0.29) is 16.9 Å². The SMILES string of the molecule is CC(O)C1=CCC2C3CCC4=CC(=O)CCC4(C)C3CCC12C. The number of hydrogen-bond donors (Lipinski definition) is 1. The average Bonchev–Trinajstić information content (AvgIpc) is 2.85. The highest BCUT2D eigenvalue weighted by Crippen LogP contribution is 2.65. The Morgan fingerprint density at radius 3 is 2.65 bits per heavy atom. The van der Waals surface area contributed by atoms with Gasteiger partial charge in [-0.2, -0.15) is 0 Å². The molecule has 23 heavy (non-hydrogen) atoms. The van der Waals surface area contributed by atoms with Crippen molar-refractivity contribution in [3.63, 3.8) is 0 Å². The van der Waals surface area contributed by atoms with Crippen LogP contribution in [0.1, 0.15) is 65.7 Å². The number of carbonyl (C=O) groups is 1. The van der Waals surface area contributed by atoms with Crippen molar-refractivity contribution in [2.24, 2.45) is 28.6 Å². The molecule has 0 bridgehead atoms. The van der Waals surface area contributed by atoms with Crippen LogP contribution in [0, 0.1) is 28.6 Å². The summed E-state index contributed by atoms with van der Waals surface area (Å²) < 4.78 is 0. The van der Waals surface area contributed by atoms with Crippen LogP contribution in [-0.4, -0.2) is 17.0 Å². The van der Waals surface area contributed by atoms with Gasteiger partial charge in [-0.15, -0.1) is 0 Å². The Kier molecular flexibility index (Phi) is 3.43. The van der Waals surface area contributed by atoms with Crippen LogP contribution in [0.2, 0.25) is 0 Å². The fourth-order valence-electron chi connectivity index (χ4n) is 6.81. The Morgan fingerprint density at radius 1 is 1.13 bits per heavy atom. The second-order valence-electron chi connectivity index (χ2n) is 9.00. The van der Waals surface area contributed by atoms with E-state index in [0.29, 0.717) is 11.7 Å². The van der Waals surface area contributed by atoms with Gasteiger partial charge in [-0.1, -0.05) is 25.5 Å². The fraction of sp³-hybridized carbons (Fsp3) is 0.762. The molecule has 0 heterocycles. The molecule has 1 N–H and O–H groups in total. The van der Waals surface area contributed by atoms with Crippen molar-refractivity contribution in [1.29, 1.82) is 0 Å². The first-order valence-electron chi connectivity index (χ1n) is 9.49. The van der Waals surface area contributed by atoms with Crippen LogP contribution in [0.5, 0.6) is 0 Å². The van der Waals surface area contributed by atoms with E-state index in [9.17, 15) is 9.90 Å². The van der Waals surface area contributed by atoms with Crippen molar-refractivity contribution >= 4 is 5.78 Å². The summed E-state index contributed by atoms with van der Waals surface area (Å²) in [5, 5.41) is 10.2. The van der Waals surface area contributed by atoms with Gasteiger partial charge in [0.25, 0.3) is 0 Å². The average molecular weight is 314 g/mol. The van der Waals surface area contributed by atoms with Gasteiger partial charge in [0, 0.05) is 6.42 Å². The first-order valence-corrected chi connectivity index (χ1v) is 9.49. The molecule has 2 nitrogen and oxygen atoms in total. The summed E-state index contributed by atoms with van der Waals surface area (Å²) in [5.74, 6) is 2.53. The van der Waals surface area contributed by atoms with E-state index in [0.717, 1.165) is 37.5 Å². The predicted octanol–water partition coefficient (Wildman–Crippen LogP) is 4.44. The van der Waals surface area contributed by atoms with Crippen LogP contribution in [0.15, 0.2) is 23.3 Å². The van der Waals surface area contributed by atoms with Crippen LogP contribution in [-0.2, 0) is 4.79 Å². The number of allylic oxidation sites excluding steroid dienone is 3. The van der Waals surface area contributed by atoms with Crippen LogP contribution < -0.4 is 0 Å². The summed E-state index contributed by atoms with van der Waals surface area (Å²) in [6, 6.07) is 0. The van der Waals surface area contributed by atoms with Crippen LogP contribution in [0.3, 0.4) is 0 Å². The minimum atomic E-state index is -0.302. The Bertz CT molecular complexity index is 599. The molecule has 2 saturated carbocycles. The van der Waals surface area contributed by atoms with E-state index >= 15 is 0 Å². The van der Waals surface area contributed by atoms with E-state index in [1.807, 2.05) is 13.0 Å². The van der Waals surface area contributed by atoms with E-state index < -0.39 is 0 Å². The van der Waals surface area contributed by atoms with Gasteiger partial charge in [0.05, 0.1) is 6.10 Å². The predicted molar refractivity (Wildman–Crippen MR) is 91.9 cm³/mol. The van der Waals surface area contributed by atoms with Crippen LogP contribution >= 0.6 is 0 Å². The summed E-state index contributed by atoms with van der Waals surface area (Å²) in [6.45, 7) is 6.77. The standard InChI is InChI=1S/C21H30O2/c1-13(22)17-6-7-18-16-5-4-14-12-15(23)8-10-20(14,2)19(16)9-11-21(17,18)3/h6,12-13,16,18-19,22H,4-5,7-11H2,1-3H3. The molecule has 6 unspecified atom stereocenters. The Balaban J connectivity index is 1.67. The third-order valence-corrected chi connectivity index (χ3v) is 8.05. The largest absolute Gasteiger partial charge is 0.389 e. The van der Waals surface area contributed by atoms with Crippen molar-refractivity contribution in [3.05, 3.63) is 23.3 Å². The fourth-order valence-corrected chi connectivity index (χ4v) is 6.81. The zero-order valence-electron chi connectivity index (χ0n) is 14.8. The molecule has 0 aromatic heterocycles. The number of hydrogen-bond acceptors (Lipinski definition) is 2. The third-order valence-electron chi connectivity index (χ3n) is 8.05. The Morgan fingerprint density at radius 2 is 1.91 bits per heavy atom. The minimum absolute atomic E-state index is 0.206. The van der Waals surface area contributed by atoms with Gasteiger partial charge in [-0.25, -0.2) is 0 Å². The molecule has 0 aromatic carbocycles. The zero-order chi connectivity index (χ0) is 16.4. The van der Waals surface area contributed by atoms with Gasteiger partial charge in [0.15, 0.2) is 5.78 Å². The molecule has 0 saturated heterocycles. The molecule has 126 valence electrons. The van der Waals surface area contributed by atoms with Crippen LogP contribution in [0.25, 0.3) is 0 Å². The summed E-state index contributed by atoms with van der Waals surface area (Å²) in [7, 11) is 0. The van der Waals surface area contributed by atoms with Crippen molar-refractivity contribution in [3.8, 4) is 0 Å². The number of carbonyl (C=O) groups excluding carboxylic acids is 1. The maximum Gasteiger partial charge on any atom is 0.155 e. The summed E-state index contributed by atoms with van der Waals surface area (Å²) in [5.41, 5.74) is 3.20. The molecular weight excluding hydrogens is 284 g/mol. The van der Waals surface area contributed by atoms with E-state index in [4.69, 9.17) is 0 Å². The highest BCUT2D eigenvalue weighted by molar-refractivity contribution is 5.91. The molecule has 0 radical (unpaired) electrons. The summed E-state index contributed by atoms with van der Waals surface area (Å²) in [4.78, 5) is 11.9. The van der Waals surface area contributed by atoms with Gasteiger partial charge >= 0.3 is 0 Å². The molecule has 0 aromatic rings. The quantitative estimate of drug-likeness (QED) is 0.727. The second-order valence-corrected chi connectivity index (χ2v) is 9.00. The maximum absolute atomic E-state index is 11.9. The number of ketones is 1. The van der Waals surface area contributed by atoms with E-state index in [1.54, 1.807) is 0 Å². The molecule has 0 aliphatic heterocycles. The molecule has 4 rings (SSSR count). The number of aliphatic hydroxyl groups excluding tert-OH is 1. The number of rotatable bonds is 1. The Hall–Kier alpha value is -0.890. The molecular formula is C21H30O2. The molecule has 6 atom stereocenters. The van der Waals surface area contributed by atoms with Gasteiger partial charge in [0.2, 0.25) is 0 Å². The molecule has 0 amide bonds. The molecule has 4 aliphatic carbocycles. The highest BCUT2D eigenvalue weighted by atomic mass is 16.3. The van der Waals surface area contributed by atoms with Gasteiger partial charge in [-0.05, 0) is 85.7 Å². The van der Waals surface area contributed by atoms with Crippen molar-refractivity contribution in [2.75, 3.05) is 0 Å². The van der Waals surface area contributed by atoms with Crippen molar-refractivity contribution in [2.45, 2.75) is 71.8 Å². The second kappa shape index (κ2) is 5.05. The zero-order valence-corrected chi connectivity index (χ0v) is 14.8. The summed E-state index contributed by atoms with van der Waals surface area (Å²) >= 11 is 0. The molecule has 4 aliphatic rings. The lowest BCUT2D eigenvalue weighted by Gasteiger charge is -2.58. The smallest absolute Gasteiger partial charge is 0.155 e. The topological polar surface area (TPSA) is 37.3 Å². The lowest BCUT2D eigenvalue weighted by Crippen LogP contribution is -2.50. The third kappa shape index (κ3) is 2.06. The first-order chi connectivity index (χ1) is 10.9. The van der Waals surface area contributed by atoms with Crippen LogP contribution in [0.4, 0.5) is 0 Å². The number of aliphatic hydroxyl groups is 1. The number of fused-ring (bicyclic) bond motifs is 5.